The van der Waals surface area contributed by atoms with Crippen molar-refractivity contribution in [1.82, 2.24) is 4.90 Å². The molecule has 0 atom stereocenters. The molecule has 0 bridgehead atoms. The number of aliphatic hydroxyl groups is 1. The van der Waals surface area contributed by atoms with E-state index in [0.29, 0.717) is 13.2 Å². The van der Waals surface area contributed by atoms with Gasteiger partial charge in [-0.3, -0.25) is 4.90 Å². The Hall–Kier alpha value is -2.24. The van der Waals surface area contributed by atoms with Gasteiger partial charge in [0.2, 0.25) is 0 Å². The zero-order chi connectivity index (χ0) is 19.4. The fourth-order valence-corrected chi connectivity index (χ4v) is 4.24. The largest absolute Gasteiger partial charge is 0.497 e. The van der Waals surface area contributed by atoms with E-state index in [0.717, 1.165) is 56.1 Å². The third-order valence-electron chi connectivity index (χ3n) is 5.98. The molecule has 2 aromatic carbocycles. The highest BCUT2D eigenvalue weighted by Gasteiger charge is 2.34. The lowest BCUT2D eigenvalue weighted by Crippen LogP contribution is -2.42. The number of aliphatic hydroxyl groups excluding tert-OH is 1. The first-order valence-corrected chi connectivity index (χ1v) is 10.0. The number of hydrogen-bond donors (Lipinski definition) is 1. The number of hydrogen-bond acceptors (Lipinski definition) is 5. The van der Waals surface area contributed by atoms with Crippen LogP contribution in [-0.2, 0) is 13.0 Å². The molecule has 4 rings (SSSR count). The van der Waals surface area contributed by atoms with Gasteiger partial charge < -0.3 is 19.3 Å². The Morgan fingerprint density at radius 1 is 1.00 bits per heavy atom. The third-order valence-corrected chi connectivity index (χ3v) is 5.98. The van der Waals surface area contributed by atoms with E-state index in [1.807, 2.05) is 18.2 Å². The van der Waals surface area contributed by atoms with Crippen LogP contribution in [0.5, 0.6) is 17.2 Å². The predicted molar refractivity (Wildman–Crippen MR) is 108 cm³/mol. The quantitative estimate of drug-likeness (QED) is 0.830. The second-order valence-corrected chi connectivity index (χ2v) is 7.94. The fourth-order valence-electron chi connectivity index (χ4n) is 4.24. The molecule has 2 aliphatic rings. The van der Waals surface area contributed by atoms with Gasteiger partial charge in [0.1, 0.15) is 19.0 Å². The van der Waals surface area contributed by atoms with E-state index in [2.05, 4.69) is 29.2 Å². The van der Waals surface area contributed by atoms with Gasteiger partial charge in [-0.05, 0) is 73.2 Å². The SMILES string of the molecule is COc1cccc(CC2(CO)CCN(Cc3ccc4c(c3)OCCO4)CC2)c1. The van der Waals surface area contributed by atoms with Crippen LogP contribution in [0.3, 0.4) is 0 Å². The maximum absolute atomic E-state index is 10.2. The first kappa shape index (κ1) is 19.1. The van der Waals surface area contributed by atoms with E-state index in [-0.39, 0.29) is 12.0 Å². The zero-order valence-electron chi connectivity index (χ0n) is 16.5. The van der Waals surface area contributed by atoms with Crippen molar-refractivity contribution in [2.75, 3.05) is 40.0 Å². The van der Waals surface area contributed by atoms with Gasteiger partial charge in [-0.2, -0.15) is 0 Å². The van der Waals surface area contributed by atoms with Crippen molar-refractivity contribution >= 4 is 0 Å². The molecule has 5 heteroatoms. The van der Waals surface area contributed by atoms with E-state index >= 15 is 0 Å². The maximum Gasteiger partial charge on any atom is 0.161 e. The number of piperidine rings is 1. The topological polar surface area (TPSA) is 51.2 Å². The van der Waals surface area contributed by atoms with Gasteiger partial charge in [-0.1, -0.05) is 18.2 Å². The van der Waals surface area contributed by atoms with E-state index in [1.54, 1.807) is 7.11 Å². The number of ether oxygens (including phenoxy) is 3. The molecule has 2 aromatic rings. The summed E-state index contributed by atoms with van der Waals surface area (Å²) in [5, 5.41) is 10.2. The van der Waals surface area contributed by atoms with Crippen LogP contribution in [0.15, 0.2) is 42.5 Å². The van der Waals surface area contributed by atoms with Crippen LogP contribution >= 0.6 is 0 Å². The van der Waals surface area contributed by atoms with Crippen molar-refractivity contribution in [3.63, 3.8) is 0 Å². The highest BCUT2D eigenvalue weighted by molar-refractivity contribution is 5.43. The van der Waals surface area contributed by atoms with Crippen LogP contribution < -0.4 is 14.2 Å². The lowest BCUT2D eigenvalue weighted by atomic mass is 9.74. The van der Waals surface area contributed by atoms with Gasteiger partial charge in [0.25, 0.3) is 0 Å². The Balaban J connectivity index is 1.37. The highest BCUT2D eigenvalue weighted by atomic mass is 16.6. The number of likely N-dealkylation sites (tertiary alicyclic amines) is 1. The predicted octanol–water partition coefficient (Wildman–Crippen LogP) is 3.28. The molecule has 0 amide bonds. The molecule has 2 aliphatic heterocycles. The smallest absolute Gasteiger partial charge is 0.161 e. The van der Waals surface area contributed by atoms with E-state index in [9.17, 15) is 5.11 Å². The number of benzene rings is 2. The molecule has 5 nitrogen and oxygen atoms in total. The van der Waals surface area contributed by atoms with Gasteiger partial charge in [0.15, 0.2) is 11.5 Å². The van der Waals surface area contributed by atoms with Gasteiger partial charge >= 0.3 is 0 Å². The maximum atomic E-state index is 10.2. The van der Waals surface area contributed by atoms with Gasteiger partial charge in [0.05, 0.1) is 7.11 Å². The second kappa shape index (κ2) is 8.41. The first-order chi connectivity index (χ1) is 13.7. The average Bonchev–Trinajstić information content (AvgIpc) is 2.75. The molecule has 0 saturated carbocycles. The van der Waals surface area contributed by atoms with Crippen LogP contribution in [-0.4, -0.2) is 50.0 Å². The highest BCUT2D eigenvalue weighted by Crippen LogP contribution is 2.36. The van der Waals surface area contributed by atoms with Crippen LogP contribution in [0, 0.1) is 5.41 Å². The first-order valence-electron chi connectivity index (χ1n) is 10.0. The lowest BCUT2D eigenvalue weighted by molar-refractivity contribution is 0.0413. The summed E-state index contributed by atoms with van der Waals surface area (Å²) in [6.45, 7) is 4.33. The van der Waals surface area contributed by atoms with Crippen LogP contribution in [0.25, 0.3) is 0 Å². The normalized spacial score (nSPS) is 18.6. The summed E-state index contributed by atoms with van der Waals surface area (Å²) in [5.74, 6) is 2.57. The van der Waals surface area contributed by atoms with Crippen LogP contribution in [0.4, 0.5) is 0 Å². The van der Waals surface area contributed by atoms with Crippen molar-refractivity contribution < 1.29 is 19.3 Å². The van der Waals surface area contributed by atoms with E-state index in [1.165, 1.54) is 11.1 Å². The van der Waals surface area contributed by atoms with Gasteiger partial charge in [-0.15, -0.1) is 0 Å². The summed E-state index contributed by atoms with van der Waals surface area (Å²) in [6.07, 6.45) is 2.87. The summed E-state index contributed by atoms with van der Waals surface area (Å²) >= 11 is 0. The van der Waals surface area contributed by atoms with Crippen molar-refractivity contribution in [2.45, 2.75) is 25.8 Å². The molecule has 0 aromatic heterocycles. The van der Waals surface area contributed by atoms with Crippen molar-refractivity contribution in [3.05, 3.63) is 53.6 Å². The molecule has 28 heavy (non-hydrogen) atoms. The minimum absolute atomic E-state index is 0.0460. The fraction of sp³-hybridized carbons (Fsp3) is 0.478. The molecule has 150 valence electrons. The number of rotatable bonds is 6. The van der Waals surface area contributed by atoms with E-state index < -0.39 is 0 Å². The molecule has 0 radical (unpaired) electrons. The van der Waals surface area contributed by atoms with Gasteiger partial charge in [-0.25, -0.2) is 0 Å². The monoisotopic (exact) mass is 383 g/mol. The Bertz CT molecular complexity index is 799. The van der Waals surface area contributed by atoms with Crippen LogP contribution in [0.2, 0.25) is 0 Å². The minimum atomic E-state index is -0.0460. The summed E-state index contributed by atoms with van der Waals surface area (Å²) in [6, 6.07) is 14.4. The van der Waals surface area contributed by atoms with Gasteiger partial charge in [0, 0.05) is 13.2 Å². The number of fused-ring (bicyclic) bond motifs is 1. The third kappa shape index (κ3) is 4.26. The Kier molecular flexibility index (Phi) is 5.74. The molecular formula is C23H29NO4. The second-order valence-electron chi connectivity index (χ2n) is 7.94. The molecule has 0 spiro atoms. The summed E-state index contributed by atoms with van der Waals surface area (Å²) in [4.78, 5) is 2.46. The molecule has 1 N–H and O–H groups in total. The van der Waals surface area contributed by atoms with E-state index in [4.69, 9.17) is 14.2 Å². The summed E-state index contributed by atoms with van der Waals surface area (Å²) in [7, 11) is 1.69. The number of methoxy groups -OCH3 is 1. The lowest BCUT2D eigenvalue weighted by Gasteiger charge is -2.41. The molecule has 1 saturated heterocycles. The minimum Gasteiger partial charge on any atom is -0.497 e. The molecule has 2 heterocycles. The molecule has 0 aliphatic carbocycles. The van der Waals surface area contributed by atoms with Crippen molar-refractivity contribution in [1.29, 1.82) is 0 Å². The summed E-state index contributed by atoms with van der Waals surface area (Å²) in [5.41, 5.74) is 2.43. The van der Waals surface area contributed by atoms with Crippen molar-refractivity contribution in [3.8, 4) is 17.2 Å². The molecular weight excluding hydrogens is 354 g/mol. The zero-order valence-corrected chi connectivity index (χ0v) is 16.5. The average molecular weight is 383 g/mol. The Morgan fingerprint density at radius 3 is 2.54 bits per heavy atom. The Labute approximate surface area is 166 Å². The van der Waals surface area contributed by atoms with Crippen molar-refractivity contribution in [2.24, 2.45) is 5.41 Å². The number of nitrogens with zero attached hydrogens (tertiary/aromatic N) is 1. The molecule has 1 fully saturated rings. The summed E-state index contributed by atoms with van der Waals surface area (Å²) < 4.78 is 16.7. The standard InChI is InChI=1S/C23H29NO4/c1-26-20-4-2-3-18(13-20)15-23(17-25)7-9-24(10-8-23)16-19-5-6-21-22(14-19)28-12-11-27-21/h2-6,13-14,25H,7-12,15-17H2,1H3. The molecule has 0 unspecified atom stereocenters. The van der Waals surface area contributed by atoms with Crippen LogP contribution in [0.1, 0.15) is 24.0 Å². The Morgan fingerprint density at radius 2 is 1.79 bits per heavy atom.